The summed E-state index contributed by atoms with van der Waals surface area (Å²) in [7, 11) is -2.64. The summed E-state index contributed by atoms with van der Waals surface area (Å²) in [5.74, 6) is -6.17. The van der Waals surface area contributed by atoms with Gasteiger partial charge < -0.3 is 9.84 Å². The number of halogens is 3. The predicted octanol–water partition coefficient (Wildman–Crippen LogP) is 2.73. The Kier molecular flexibility index (Phi) is 10.6. The molecule has 2 aliphatic rings. The first-order valence-electron chi connectivity index (χ1n) is 13.7. The van der Waals surface area contributed by atoms with Gasteiger partial charge in [-0.2, -0.15) is 17.5 Å². The Morgan fingerprint density at radius 2 is 1.61 bits per heavy atom. The third-order valence-electron chi connectivity index (χ3n) is 7.79. The summed E-state index contributed by atoms with van der Waals surface area (Å²) < 4.78 is 65.0. The first kappa shape index (κ1) is 34.7. The van der Waals surface area contributed by atoms with Crippen LogP contribution in [0.25, 0.3) is 0 Å². The van der Waals surface area contributed by atoms with Gasteiger partial charge in [-0.05, 0) is 31.0 Å². The molecule has 2 heterocycles. The molecule has 2 aromatic carbocycles. The lowest BCUT2D eigenvalue weighted by atomic mass is 9.78. The highest BCUT2D eigenvalue weighted by atomic mass is 32.2. The van der Waals surface area contributed by atoms with Crippen LogP contribution >= 0.6 is 0 Å². The first-order valence-corrected chi connectivity index (χ1v) is 15.1. The summed E-state index contributed by atoms with van der Waals surface area (Å²) in [6, 6.07) is 14.9. The number of sulfonamides is 1. The zero-order chi connectivity index (χ0) is 33.0. The molecule has 2 amide bonds. The van der Waals surface area contributed by atoms with Crippen molar-refractivity contribution in [2.24, 2.45) is 11.8 Å². The number of carbonyl (C=O) groups is 4. The lowest BCUT2D eigenvalue weighted by molar-refractivity contribution is -0.192. The number of esters is 1. The Bertz CT molecular complexity index is 1490. The van der Waals surface area contributed by atoms with Crippen LogP contribution in [0.2, 0.25) is 0 Å². The van der Waals surface area contributed by atoms with Crippen molar-refractivity contribution in [3.8, 4) is 0 Å². The molecule has 4 atom stereocenters. The number of imide groups is 1. The highest BCUT2D eigenvalue weighted by molar-refractivity contribution is 7.89. The summed E-state index contributed by atoms with van der Waals surface area (Å²) in [4.78, 5) is 50.7. The van der Waals surface area contributed by atoms with E-state index in [4.69, 9.17) is 14.6 Å². The Morgan fingerprint density at radius 3 is 2.09 bits per heavy atom. The van der Waals surface area contributed by atoms with Gasteiger partial charge in [-0.3, -0.25) is 24.6 Å². The number of hydrogen-bond donors (Lipinski definition) is 2. The van der Waals surface area contributed by atoms with Gasteiger partial charge in [-0.25, -0.2) is 13.2 Å². The van der Waals surface area contributed by atoms with E-state index in [2.05, 4.69) is 5.32 Å². The Balaban J connectivity index is 0.000000676. The maximum absolute atomic E-state index is 13.7. The zero-order valence-corrected chi connectivity index (χ0v) is 25.3. The van der Waals surface area contributed by atoms with Crippen LogP contribution in [0.1, 0.15) is 31.4 Å². The van der Waals surface area contributed by atoms with Crippen molar-refractivity contribution in [1.82, 2.24) is 14.5 Å². The number of fused-ring (bicyclic) bond motifs is 1. The number of methoxy groups -OCH3 is 1. The van der Waals surface area contributed by atoms with Gasteiger partial charge in [0.2, 0.25) is 21.8 Å². The molecule has 2 aromatic rings. The van der Waals surface area contributed by atoms with Gasteiger partial charge in [0.15, 0.2) is 0 Å². The maximum atomic E-state index is 13.7. The summed E-state index contributed by atoms with van der Waals surface area (Å²) in [5, 5.41) is 10.3. The number of carboxylic acids is 1. The number of benzene rings is 2. The van der Waals surface area contributed by atoms with Crippen LogP contribution in [-0.2, 0) is 40.5 Å². The van der Waals surface area contributed by atoms with E-state index in [9.17, 15) is 36.0 Å². The van der Waals surface area contributed by atoms with E-state index < -0.39 is 63.4 Å². The van der Waals surface area contributed by atoms with Gasteiger partial charge in [0.05, 0.1) is 30.4 Å². The fraction of sp³-hybridized carbons (Fsp3) is 0.448. The minimum Gasteiger partial charge on any atom is -0.475 e. The van der Waals surface area contributed by atoms with E-state index in [0.29, 0.717) is 0 Å². The smallest absolute Gasteiger partial charge is 0.475 e. The van der Waals surface area contributed by atoms with Gasteiger partial charge in [-0.1, -0.05) is 61.9 Å². The number of amides is 2. The van der Waals surface area contributed by atoms with Crippen molar-refractivity contribution >= 4 is 33.8 Å². The maximum Gasteiger partial charge on any atom is 0.490 e. The number of ether oxygens (including phenoxy) is 1. The van der Waals surface area contributed by atoms with Crippen molar-refractivity contribution in [3.63, 3.8) is 0 Å². The molecule has 2 fully saturated rings. The Labute approximate surface area is 253 Å². The van der Waals surface area contributed by atoms with Gasteiger partial charge in [-0.15, -0.1) is 0 Å². The molecule has 44 heavy (non-hydrogen) atoms. The molecule has 0 radical (unpaired) electrons. The molecule has 0 aromatic heterocycles. The second-order valence-corrected chi connectivity index (χ2v) is 12.3. The lowest BCUT2D eigenvalue weighted by Crippen LogP contribution is -2.58. The molecule has 0 aliphatic carbocycles. The fourth-order valence-electron chi connectivity index (χ4n) is 5.58. The van der Waals surface area contributed by atoms with Gasteiger partial charge in [0.1, 0.15) is 5.54 Å². The van der Waals surface area contributed by atoms with E-state index >= 15 is 0 Å². The van der Waals surface area contributed by atoms with Gasteiger partial charge >= 0.3 is 18.1 Å². The van der Waals surface area contributed by atoms with E-state index in [0.717, 1.165) is 11.1 Å². The number of nitrogens with one attached hydrogen (secondary N) is 1. The van der Waals surface area contributed by atoms with Crippen molar-refractivity contribution in [2.45, 2.75) is 56.4 Å². The fourth-order valence-corrected chi connectivity index (χ4v) is 7.05. The van der Waals surface area contributed by atoms with Crippen LogP contribution in [0.15, 0.2) is 59.5 Å². The van der Waals surface area contributed by atoms with E-state index in [1.807, 2.05) is 37.3 Å². The van der Waals surface area contributed by atoms with Crippen molar-refractivity contribution in [1.29, 1.82) is 0 Å². The number of likely N-dealkylation sites (tertiary alicyclic amines) is 1. The topological polar surface area (TPSA) is 150 Å². The van der Waals surface area contributed by atoms with Crippen LogP contribution < -0.4 is 5.32 Å². The summed E-state index contributed by atoms with van der Waals surface area (Å²) >= 11 is 0. The van der Waals surface area contributed by atoms with Crippen molar-refractivity contribution in [2.75, 3.05) is 20.2 Å². The third kappa shape index (κ3) is 6.79. The van der Waals surface area contributed by atoms with Crippen LogP contribution in [0.3, 0.4) is 0 Å². The normalized spacial score (nSPS) is 23.3. The van der Waals surface area contributed by atoms with Crippen LogP contribution in [0.5, 0.6) is 0 Å². The summed E-state index contributed by atoms with van der Waals surface area (Å²) in [5.41, 5.74) is 0.280. The monoisotopic (exact) mass is 641 g/mol. The van der Waals surface area contributed by atoms with E-state index in [1.165, 1.54) is 16.3 Å². The molecule has 0 unspecified atom stereocenters. The molecule has 2 N–H and O–H groups in total. The highest BCUT2D eigenvalue weighted by Gasteiger charge is 2.68. The number of alkyl halides is 3. The lowest BCUT2D eigenvalue weighted by Gasteiger charge is -2.32. The highest BCUT2D eigenvalue weighted by Crippen LogP contribution is 2.46. The van der Waals surface area contributed by atoms with E-state index in [1.54, 1.807) is 38.1 Å². The molecule has 0 spiro atoms. The number of carbonyl (C=O) groups excluding carboxylic acids is 3. The van der Waals surface area contributed by atoms with E-state index in [-0.39, 0.29) is 31.0 Å². The molecule has 0 saturated carbocycles. The minimum absolute atomic E-state index is 0.0786. The van der Waals surface area contributed by atoms with Crippen molar-refractivity contribution < 1.29 is 50.6 Å². The number of hydrogen-bond acceptors (Lipinski definition) is 8. The summed E-state index contributed by atoms with van der Waals surface area (Å²) in [6.07, 6.45) is -4.88. The second kappa shape index (κ2) is 13.4. The summed E-state index contributed by atoms with van der Waals surface area (Å²) in [6.45, 7) is 5.50. The quantitative estimate of drug-likeness (QED) is 0.311. The average molecular weight is 642 g/mol. The molecule has 15 heteroatoms. The Morgan fingerprint density at radius 1 is 1.05 bits per heavy atom. The Hall–Kier alpha value is -3.82. The zero-order valence-electron chi connectivity index (χ0n) is 24.5. The first-order chi connectivity index (χ1) is 20.5. The number of nitrogens with zero attached hydrogens (tertiary/aromatic N) is 2. The molecule has 2 saturated heterocycles. The largest absolute Gasteiger partial charge is 0.490 e. The SMILES string of the molecule is CCN(C[C@H]1N[C@@](CC)(C(=O)OC)[C@H]2C(=O)N(Cc3ccccc3)C(=O)[C@@H]12)S(=O)(=O)c1ccc(C)cc1.O=C(O)C(F)(F)F. The van der Waals surface area contributed by atoms with Gasteiger partial charge in [0, 0.05) is 19.1 Å². The van der Waals surface area contributed by atoms with Gasteiger partial charge in [0.25, 0.3) is 0 Å². The average Bonchev–Trinajstić information content (AvgIpc) is 3.45. The standard InChI is InChI=1S/C27H33N3O6S.C2HF3O2/c1-5-27(26(33)36-4)23-22(24(31)30(25(23)32)16-19-10-8-7-9-11-19)21(28-27)17-29(6-2)37(34,35)20-14-12-18(3)13-15-20;3-2(4,5)1(6)7/h7-15,21-23,28H,5-6,16-17H2,1-4H3;(H,6,7)/t21-,22+,23-,27-;/m1./s1. The molecule has 240 valence electrons. The van der Waals surface area contributed by atoms with Crippen LogP contribution in [0.4, 0.5) is 13.2 Å². The number of carboxylic acid groups (broad SMARTS) is 1. The molecule has 11 nitrogen and oxygen atoms in total. The number of aliphatic carboxylic acids is 1. The molecule has 0 bridgehead atoms. The minimum atomic E-state index is -5.08. The number of aryl methyl sites for hydroxylation is 1. The van der Waals surface area contributed by atoms with Crippen LogP contribution in [-0.4, -0.2) is 84.4 Å². The molecular formula is C29H34F3N3O8S. The van der Waals surface area contributed by atoms with Crippen molar-refractivity contribution in [3.05, 3.63) is 65.7 Å². The third-order valence-corrected chi connectivity index (χ3v) is 9.75. The molecule has 2 aliphatic heterocycles. The molecular weight excluding hydrogens is 607 g/mol. The predicted molar refractivity (Wildman–Crippen MR) is 150 cm³/mol. The van der Waals surface area contributed by atoms with Crippen LogP contribution in [0, 0.1) is 18.8 Å². The molecule has 4 rings (SSSR count). The number of likely N-dealkylation sites (N-methyl/N-ethyl adjacent to an activating group) is 1. The second-order valence-electron chi connectivity index (χ2n) is 10.4. The number of rotatable bonds is 9.